The summed E-state index contributed by atoms with van der Waals surface area (Å²) in [7, 11) is 0. The number of halogens is 2. The molecule has 0 saturated carbocycles. The third kappa shape index (κ3) is 3.36. The van der Waals surface area contributed by atoms with E-state index in [4.69, 9.17) is 23.2 Å². The predicted octanol–water partition coefficient (Wildman–Crippen LogP) is 2.77. The Morgan fingerprint density at radius 2 is 2.25 bits per heavy atom. The zero-order valence-electron chi connectivity index (χ0n) is 9.59. The van der Waals surface area contributed by atoms with Gasteiger partial charge in [-0.25, -0.2) is 0 Å². The minimum atomic E-state index is 0.738. The Bertz CT molecular complexity index is 249. The molecule has 2 heterocycles. The fourth-order valence-corrected chi connectivity index (χ4v) is 3.16. The van der Waals surface area contributed by atoms with Crippen molar-refractivity contribution in [2.75, 3.05) is 26.2 Å². The summed E-state index contributed by atoms with van der Waals surface area (Å²) in [5.74, 6) is 0.802. The van der Waals surface area contributed by atoms with E-state index in [1.54, 1.807) is 0 Å². The highest BCUT2D eigenvalue weighted by Gasteiger charge is 2.28. The van der Waals surface area contributed by atoms with Gasteiger partial charge in [-0.15, -0.1) is 0 Å². The fourth-order valence-electron chi connectivity index (χ4n) is 2.93. The van der Waals surface area contributed by atoms with Crippen LogP contribution < -0.4 is 5.32 Å². The third-order valence-corrected chi connectivity index (χ3v) is 4.31. The normalized spacial score (nSPS) is 33.2. The van der Waals surface area contributed by atoms with E-state index in [-0.39, 0.29) is 0 Å². The van der Waals surface area contributed by atoms with Crippen molar-refractivity contribution < 1.29 is 0 Å². The molecule has 0 amide bonds. The summed E-state index contributed by atoms with van der Waals surface area (Å²) in [6.45, 7) is 4.33. The average Bonchev–Trinajstić information content (AvgIpc) is 2.83. The molecule has 2 fully saturated rings. The second-order valence-corrected chi connectivity index (χ2v) is 5.60. The minimum Gasteiger partial charge on any atom is -0.314 e. The van der Waals surface area contributed by atoms with Gasteiger partial charge in [0.25, 0.3) is 0 Å². The van der Waals surface area contributed by atoms with E-state index >= 15 is 0 Å². The van der Waals surface area contributed by atoms with Crippen LogP contribution in [0.25, 0.3) is 0 Å². The molecule has 92 valence electrons. The molecule has 0 aromatic carbocycles. The van der Waals surface area contributed by atoms with Crippen LogP contribution in [-0.4, -0.2) is 37.1 Å². The van der Waals surface area contributed by atoms with E-state index in [1.807, 2.05) is 0 Å². The van der Waals surface area contributed by atoms with E-state index in [1.165, 1.54) is 44.3 Å². The lowest BCUT2D eigenvalue weighted by Gasteiger charge is -2.35. The van der Waals surface area contributed by atoms with E-state index in [0.29, 0.717) is 0 Å². The van der Waals surface area contributed by atoms with Gasteiger partial charge < -0.3 is 5.32 Å². The van der Waals surface area contributed by atoms with Crippen LogP contribution in [0.15, 0.2) is 10.6 Å². The molecule has 2 saturated heterocycles. The molecule has 0 aromatic heterocycles. The van der Waals surface area contributed by atoms with Gasteiger partial charge in [-0.2, -0.15) is 0 Å². The molecule has 0 aromatic rings. The van der Waals surface area contributed by atoms with Gasteiger partial charge in [0.05, 0.1) is 0 Å². The lowest BCUT2D eigenvalue weighted by molar-refractivity contribution is 0.164. The van der Waals surface area contributed by atoms with Gasteiger partial charge in [0.15, 0.2) is 0 Å². The summed E-state index contributed by atoms with van der Waals surface area (Å²) in [6.07, 6.45) is 5.33. The van der Waals surface area contributed by atoms with Crippen LogP contribution in [0.3, 0.4) is 0 Å². The van der Waals surface area contributed by atoms with Gasteiger partial charge >= 0.3 is 0 Å². The van der Waals surface area contributed by atoms with Crippen LogP contribution in [-0.2, 0) is 0 Å². The maximum absolute atomic E-state index is 5.98. The Hall–Kier alpha value is 0.240. The molecule has 2 aliphatic heterocycles. The summed E-state index contributed by atoms with van der Waals surface area (Å²) in [4.78, 5) is 2.43. The quantitative estimate of drug-likeness (QED) is 0.842. The largest absolute Gasteiger partial charge is 0.314 e. The van der Waals surface area contributed by atoms with Crippen molar-refractivity contribution in [1.29, 1.82) is 0 Å². The zero-order chi connectivity index (χ0) is 11.4. The Balaban J connectivity index is 1.83. The summed E-state index contributed by atoms with van der Waals surface area (Å²) >= 11 is 11.6. The standard InChI is InChI=1S/C12H20Cl2N2/c13-7-11(14)9-16-6-2-3-10(8-16)12-4-1-5-15-12/h7,10,12,15H,1-6,8-9H2. The minimum absolute atomic E-state index is 0.738. The first-order valence-corrected chi connectivity index (χ1v) is 7.01. The van der Waals surface area contributed by atoms with Gasteiger partial charge in [-0.1, -0.05) is 23.2 Å². The topological polar surface area (TPSA) is 15.3 Å². The lowest BCUT2D eigenvalue weighted by Crippen LogP contribution is -2.43. The number of likely N-dealkylation sites (tertiary alicyclic amines) is 1. The number of piperidine rings is 1. The van der Waals surface area contributed by atoms with Crippen molar-refractivity contribution in [3.05, 3.63) is 10.6 Å². The smallest absolute Gasteiger partial charge is 0.0434 e. The maximum atomic E-state index is 5.98. The van der Waals surface area contributed by atoms with E-state index in [9.17, 15) is 0 Å². The molecule has 2 atom stereocenters. The second kappa shape index (κ2) is 6.25. The van der Waals surface area contributed by atoms with Crippen LogP contribution >= 0.6 is 23.2 Å². The van der Waals surface area contributed by atoms with Crippen LogP contribution in [0.5, 0.6) is 0 Å². The Morgan fingerprint density at radius 3 is 2.94 bits per heavy atom. The number of rotatable bonds is 3. The van der Waals surface area contributed by atoms with Gasteiger partial charge in [0, 0.05) is 29.7 Å². The molecule has 2 nitrogen and oxygen atoms in total. The molecule has 2 aliphatic rings. The second-order valence-electron chi connectivity index (χ2n) is 4.90. The van der Waals surface area contributed by atoms with Gasteiger partial charge in [-0.05, 0) is 44.7 Å². The van der Waals surface area contributed by atoms with E-state index in [2.05, 4.69) is 10.2 Å². The first-order chi connectivity index (χ1) is 7.79. The fraction of sp³-hybridized carbons (Fsp3) is 0.833. The molecule has 2 rings (SSSR count). The highest BCUT2D eigenvalue weighted by atomic mass is 35.5. The first-order valence-electron chi connectivity index (χ1n) is 6.20. The maximum Gasteiger partial charge on any atom is 0.0434 e. The van der Waals surface area contributed by atoms with E-state index < -0.39 is 0 Å². The van der Waals surface area contributed by atoms with Crippen LogP contribution in [0.2, 0.25) is 0 Å². The lowest BCUT2D eigenvalue weighted by atomic mass is 9.90. The van der Waals surface area contributed by atoms with Gasteiger partial charge in [0.2, 0.25) is 0 Å². The van der Waals surface area contributed by atoms with Crippen LogP contribution in [0, 0.1) is 5.92 Å². The summed E-state index contributed by atoms with van der Waals surface area (Å²) in [5.41, 5.74) is 1.49. The molecule has 0 spiro atoms. The Labute approximate surface area is 108 Å². The molecule has 0 radical (unpaired) electrons. The Morgan fingerprint density at radius 1 is 1.38 bits per heavy atom. The molecule has 16 heavy (non-hydrogen) atoms. The number of hydrogen-bond acceptors (Lipinski definition) is 2. The highest BCUT2D eigenvalue weighted by molar-refractivity contribution is 6.36. The predicted molar refractivity (Wildman–Crippen MR) is 70.0 cm³/mol. The number of nitrogens with one attached hydrogen (secondary N) is 1. The first kappa shape index (κ1) is 12.7. The van der Waals surface area contributed by atoms with Gasteiger partial charge in [0.1, 0.15) is 0 Å². The van der Waals surface area contributed by atoms with Crippen molar-refractivity contribution in [2.45, 2.75) is 31.7 Å². The number of hydrogen-bond donors (Lipinski definition) is 1. The van der Waals surface area contributed by atoms with Crippen molar-refractivity contribution in [2.24, 2.45) is 5.92 Å². The summed E-state index contributed by atoms with van der Waals surface area (Å²) < 4.78 is 0. The average molecular weight is 263 g/mol. The SMILES string of the molecule is ClC=C(Cl)CN1CCCC(C2CCCN2)C1. The molecule has 2 unspecified atom stereocenters. The molecular weight excluding hydrogens is 243 g/mol. The van der Waals surface area contributed by atoms with Crippen molar-refractivity contribution >= 4 is 23.2 Å². The van der Waals surface area contributed by atoms with Crippen molar-refractivity contribution in [3.63, 3.8) is 0 Å². The molecule has 0 bridgehead atoms. The summed E-state index contributed by atoms with van der Waals surface area (Å²) in [6, 6.07) is 0.738. The van der Waals surface area contributed by atoms with Gasteiger partial charge in [-0.3, -0.25) is 4.90 Å². The van der Waals surface area contributed by atoms with Crippen LogP contribution in [0.1, 0.15) is 25.7 Å². The molecule has 1 N–H and O–H groups in total. The van der Waals surface area contributed by atoms with Crippen molar-refractivity contribution in [3.8, 4) is 0 Å². The molecule has 0 aliphatic carbocycles. The molecule has 4 heteroatoms. The highest BCUT2D eigenvalue weighted by Crippen LogP contribution is 2.25. The summed E-state index contributed by atoms with van der Waals surface area (Å²) in [5, 5.41) is 4.37. The number of nitrogens with zero attached hydrogens (tertiary/aromatic N) is 1. The van der Waals surface area contributed by atoms with E-state index in [0.717, 1.165) is 30.1 Å². The molecular formula is C12H20Cl2N2. The third-order valence-electron chi connectivity index (χ3n) is 3.70. The van der Waals surface area contributed by atoms with Crippen molar-refractivity contribution in [1.82, 2.24) is 10.2 Å². The zero-order valence-corrected chi connectivity index (χ0v) is 11.1. The van der Waals surface area contributed by atoms with Crippen LogP contribution in [0.4, 0.5) is 0 Å². The monoisotopic (exact) mass is 262 g/mol. The Kier molecular flexibility index (Phi) is 4.96.